The van der Waals surface area contributed by atoms with Crippen molar-refractivity contribution in [1.29, 1.82) is 0 Å². The van der Waals surface area contributed by atoms with Gasteiger partial charge in [-0.05, 0) is 55.5 Å². The molecule has 0 fully saturated rings. The Labute approximate surface area is 178 Å². The van der Waals surface area contributed by atoms with E-state index in [-0.39, 0.29) is 0 Å². The van der Waals surface area contributed by atoms with E-state index in [1.807, 2.05) is 60.7 Å². The van der Waals surface area contributed by atoms with Gasteiger partial charge in [-0.3, -0.25) is 4.57 Å². The number of hydrogen-bond donors (Lipinski definition) is 0. The highest BCUT2D eigenvalue weighted by molar-refractivity contribution is 7.99. The number of hydrogen-bond acceptors (Lipinski definition) is 5. The van der Waals surface area contributed by atoms with Gasteiger partial charge in [0.25, 0.3) is 0 Å². The third kappa shape index (κ3) is 5.02. The van der Waals surface area contributed by atoms with Crippen molar-refractivity contribution in [3.05, 3.63) is 83.3 Å². The molecule has 0 saturated carbocycles. The lowest BCUT2D eigenvalue weighted by molar-refractivity contribution is 0.343. The van der Waals surface area contributed by atoms with Gasteiger partial charge in [0.2, 0.25) is 0 Å². The molecule has 0 aliphatic rings. The zero-order chi connectivity index (χ0) is 20.1. The van der Waals surface area contributed by atoms with Crippen LogP contribution in [0.5, 0.6) is 5.75 Å². The van der Waals surface area contributed by atoms with Gasteiger partial charge in [-0.1, -0.05) is 41.1 Å². The van der Waals surface area contributed by atoms with E-state index in [2.05, 4.69) is 21.7 Å². The molecule has 0 saturated heterocycles. The smallest absolute Gasteiger partial charge is 0.192 e. The third-order valence-electron chi connectivity index (χ3n) is 4.32. The highest BCUT2D eigenvalue weighted by Gasteiger charge is 2.16. The van der Waals surface area contributed by atoms with Crippen molar-refractivity contribution in [1.82, 2.24) is 14.8 Å². The van der Waals surface area contributed by atoms with E-state index in [0.717, 1.165) is 33.8 Å². The Morgan fingerprint density at radius 3 is 2.55 bits per heavy atom. The van der Waals surface area contributed by atoms with Crippen LogP contribution in [0.25, 0.3) is 11.4 Å². The van der Waals surface area contributed by atoms with Gasteiger partial charge in [-0.2, -0.15) is 0 Å². The number of nitrogens with zero attached hydrogens (tertiary/aromatic N) is 3. The molecule has 0 atom stereocenters. The van der Waals surface area contributed by atoms with Crippen LogP contribution in [-0.4, -0.2) is 27.1 Å². The molecule has 5 nitrogen and oxygen atoms in total. The minimum absolute atomic E-state index is 0.555. The molecule has 2 heterocycles. The highest BCUT2D eigenvalue weighted by Crippen LogP contribution is 2.26. The van der Waals surface area contributed by atoms with Crippen LogP contribution < -0.4 is 4.74 Å². The first kappa shape index (κ1) is 19.6. The number of benzene rings is 2. The third-order valence-corrected chi connectivity index (χ3v) is 5.50. The van der Waals surface area contributed by atoms with Crippen molar-refractivity contribution in [2.24, 2.45) is 0 Å². The maximum atomic E-state index is 6.03. The summed E-state index contributed by atoms with van der Waals surface area (Å²) in [4.78, 5) is 0. The van der Waals surface area contributed by atoms with Crippen LogP contribution in [0.3, 0.4) is 0 Å². The molecule has 7 heteroatoms. The number of furan rings is 1. The molecule has 0 amide bonds. The van der Waals surface area contributed by atoms with Crippen molar-refractivity contribution in [3.63, 3.8) is 0 Å². The Bertz CT molecular complexity index is 1040. The Kier molecular flexibility index (Phi) is 6.22. The molecule has 0 aliphatic carbocycles. The SMILES string of the molecule is Cc1ccc(OCCSc2nnc(-c3ccc(Cl)cc3)n2Cc2ccco2)cc1. The van der Waals surface area contributed by atoms with Gasteiger partial charge in [0, 0.05) is 16.3 Å². The van der Waals surface area contributed by atoms with E-state index >= 15 is 0 Å². The molecule has 2 aromatic heterocycles. The number of rotatable bonds is 8. The predicted molar refractivity (Wildman–Crippen MR) is 116 cm³/mol. The van der Waals surface area contributed by atoms with Crippen molar-refractivity contribution < 1.29 is 9.15 Å². The Balaban J connectivity index is 1.48. The predicted octanol–water partition coefficient (Wildman–Crippen LogP) is 5.72. The monoisotopic (exact) mass is 425 g/mol. The van der Waals surface area contributed by atoms with E-state index in [1.54, 1.807) is 18.0 Å². The molecule has 4 rings (SSSR count). The van der Waals surface area contributed by atoms with Crippen LogP contribution in [-0.2, 0) is 6.54 Å². The molecule has 148 valence electrons. The lowest BCUT2D eigenvalue weighted by Crippen LogP contribution is -2.05. The van der Waals surface area contributed by atoms with E-state index in [1.165, 1.54) is 5.56 Å². The minimum Gasteiger partial charge on any atom is -0.493 e. The number of ether oxygens (including phenoxy) is 1. The van der Waals surface area contributed by atoms with E-state index in [4.69, 9.17) is 20.8 Å². The van der Waals surface area contributed by atoms with Crippen LogP contribution in [0.15, 0.2) is 76.5 Å². The molecule has 4 aromatic rings. The maximum absolute atomic E-state index is 6.03. The zero-order valence-electron chi connectivity index (χ0n) is 15.9. The molecule has 0 unspecified atom stereocenters. The number of aromatic nitrogens is 3. The first-order chi connectivity index (χ1) is 14.2. The molecular weight excluding hydrogens is 406 g/mol. The highest BCUT2D eigenvalue weighted by atomic mass is 35.5. The first-order valence-corrected chi connectivity index (χ1v) is 10.6. The number of thioether (sulfide) groups is 1. The van der Waals surface area contributed by atoms with Crippen LogP contribution in [0.1, 0.15) is 11.3 Å². The van der Waals surface area contributed by atoms with Crippen LogP contribution in [0.4, 0.5) is 0 Å². The van der Waals surface area contributed by atoms with Crippen LogP contribution >= 0.6 is 23.4 Å². The van der Waals surface area contributed by atoms with Crippen LogP contribution in [0.2, 0.25) is 5.02 Å². The second-order valence-electron chi connectivity index (χ2n) is 6.49. The fourth-order valence-electron chi connectivity index (χ4n) is 2.84. The summed E-state index contributed by atoms with van der Waals surface area (Å²) in [7, 11) is 0. The van der Waals surface area contributed by atoms with Gasteiger partial charge >= 0.3 is 0 Å². The van der Waals surface area contributed by atoms with Gasteiger partial charge < -0.3 is 9.15 Å². The standard InChI is InChI=1S/C22H20ClN3O2S/c1-16-4-10-19(11-5-16)28-13-14-29-22-25-24-21(17-6-8-18(23)9-7-17)26(22)15-20-3-2-12-27-20/h2-12H,13-15H2,1H3. The normalized spacial score (nSPS) is 11.0. The Hall–Kier alpha value is -2.70. The molecule has 0 N–H and O–H groups in total. The van der Waals surface area contributed by atoms with Crippen molar-refractivity contribution in [2.45, 2.75) is 18.6 Å². The average molecular weight is 426 g/mol. The van der Waals surface area contributed by atoms with Gasteiger partial charge in [0.1, 0.15) is 11.5 Å². The van der Waals surface area contributed by atoms with Gasteiger partial charge in [0.15, 0.2) is 11.0 Å². The number of halogens is 1. The summed E-state index contributed by atoms with van der Waals surface area (Å²) in [5, 5.41) is 10.3. The van der Waals surface area contributed by atoms with Crippen molar-refractivity contribution in [2.75, 3.05) is 12.4 Å². The average Bonchev–Trinajstić information content (AvgIpc) is 3.38. The van der Waals surface area contributed by atoms with Crippen molar-refractivity contribution in [3.8, 4) is 17.1 Å². The summed E-state index contributed by atoms with van der Waals surface area (Å²) in [6, 6.07) is 19.5. The molecule has 29 heavy (non-hydrogen) atoms. The van der Waals surface area contributed by atoms with Gasteiger partial charge in [0.05, 0.1) is 19.4 Å². The Morgan fingerprint density at radius 2 is 1.83 bits per heavy atom. The topological polar surface area (TPSA) is 53.1 Å². The fraction of sp³-hybridized carbons (Fsp3) is 0.182. The second kappa shape index (κ2) is 9.20. The second-order valence-corrected chi connectivity index (χ2v) is 7.99. The van der Waals surface area contributed by atoms with Gasteiger partial charge in [-0.25, -0.2) is 0 Å². The largest absolute Gasteiger partial charge is 0.493 e. The summed E-state index contributed by atoms with van der Waals surface area (Å²) >= 11 is 7.63. The van der Waals surface area contributed by atoms with Crippen LogP contribution in [0, 0.1) is 6.92 Å². The van der Waals surface area contributed by atoms with E-state index in [0.29, 0.717) is 18.2 Å². The lowest BCUT2D eigenvalue weighted by atomic mass is 10.2. The quantitative estimate of drug-likeness (QED) is 0.267. The summed E-state index contributed by atoms with van der Waals surface area (Å²) in [6.07, 6.45) is 1.67. The molecule has 0 bridgehead atoms. The maximum Gasteiger partial charge on any atom is 0.192 e. The molecule has 0 radical (unpaired) electrons. The molecule has 0 aliphatic heterocycles. The molecule has 2 aromatic carbocycles. The minimum atomic E-state index is 0.555. The number of aryl methyl sites for hydroxylation is 1. The van der Waals surface area contributed by atoms with Gasteiger partial charge in [-0.15, -0.1) is 10.2 Å². The summed E-state index contributed by atoms with van der Waals surface area (Å²) in [5.41, 5.74) is 2.17. The molecule has 0 spiro atoms. The van der Waals surface area contributed by atoms with E-state index < -0.39 is 0 Å². The molecular formula is C22H20ClN3O2S. The zero-order valence-corrected chi connectivity index (χ0v) is 17.5. The fourth-order valence-corrected chi connectivity index (χ4v) is 3.72. The first-order valence-electron chi connectivity index (χ1n) is 9.23. The van der Waals surface area contributed by atoms with E-state index in [9.17, 15) is 0 Å². The van der Waals surface area contributed by atoms with Crippen molar-refractivity contribution >= 4 is 23.4 Å². The summed E-state index contributed by atoms with van der Waals surface area (Å²) < 4.78 is 13.4. The summed E-state index contributed by atoms with van der Waals surface area (Å²) in [5.74, 6) is 3.25. The Morgan fingerprint density at radius 1 is 1.03 bits per heavy atom. The lowest BCUT2D eigenvalue weighted by Gasteiger charge is -2.10. The summed E-state index contributed by atoms with van der Waals surface area (Å²) in [6.45, 7) is 3.19.